The normalized spacial score (nSPS) is 12.1. The first-order chi connectivity index (χ1) is 9.61. The van der Waals surface area contributed by atoms with Gasteiger partial charge in [-0.25, -0.2) is 4.79 Å². The van der Waals surface area contributed by atoms with Crippen LogP contribution in [0.1, 0.15) is 28.9 Å². The lowest BCUT2D eigenvalue weighted by Gasteiger charge is -2.13. The van der Waals surface area contributed by atoms with Crippen molar-refractivity contribution in [2.75, 3.05) is 12.3 Å². The molecule has 2 aromatic rings. The Morgan fingerprint density at radius 3 is 2.95 bits per heavy atom. The maximum Gasteiger partial charge on any atom is 0.341 e. The van der Waals surface area contributed by atoms with Crippen molar-refractivity contribution in [3.05, 3.63) is 47.8 Å². The van der Waals surface area contributed by atoms with Gasteiger partial charge in [-0.05, 0) is 13.0 Å². The van der Waals surface area contributed by atoms with Crippen molar-refractivity contribution in [2.45, 2.75) is 19.6 Å². The van der Waals surface area contributed by atoms with Crippen molar-refractivity contribution < 1.29 is 14.6 Å². The second-order valence-corrected chi connectivity index (χ2v) is 4.32. The molecule has 0 aliphatic rings. The molecule has 0 aliphatic carbocycles. The lowest BCUT2D eigenvalue weighted by molar-refractivity contribution is 0.0526. The molecular formula is C14H17N3O3. The SMILES string of the molecule is CCOC(=O)c1cnn(CC(O)c2ccccc2N)c1. The first-order valence-corrected chi connectivity index (χ1v) is 6.34. The number of aromatic nitrogens is 2. The number of hydrogen-bond acceptors (Lipinski definition) is 5. The van der Waals surface area contributed by atoms with E-state index in [1.807, 2.05) is 6.07 Å². The molecule has 3 N–H and O–H groups in total. The number of rotatable bonds is 5. The Kier molecular flexibility index (Phi) is 4.37. The van der Waals surface area contributed by atoms with Crippen LogP contribution in [0.2, 0.25) is 0 Å². The van der Waals surface area contributed by atoms with E-state index >= 15 is 0 Å². The summed E-state index contributed by atoms with van der Waals surface area (Å²) >= 11 is 0. The van der Waals surface area contributed by atoms with Crippen LogP contribution in [0.4, 0.5) is 5.69 Å². The van der Waals surface area contributed by atoms with Crippen LogP contribution in [-0.4, -0.2) is 27.5 Å². The molecule has 1 heterocycles. The maximum atomic E-state index is 11.5. The highest BCUT2D eigenvalue weighted by atomic mass is 16.5. The Hall–Kier alpha value is -2.34. The second-order valence-electron chi connectivity index (χ2n) is 4.32. The average Bonchev–Trinajstić information content (AvgIpc) is 2.88. The van der Waals surface area contributed by atoms with Crippen LogP contribution in [0.5, 0.6) is 0 Å². The highest BCUT2D eigenvalue weighted by Crippen LogP contribution is 2.21. The van der Waals surface area contributed by atoms with Gasteiger partial charge in [-0.2, -0.15) is 5.10 Å². The summed E-state index contributed by atoms with van der Waals surface area (Å²) in [5.41, 5.74) is 7.33. The number of nitrogens with zero attached hydrogens (tertiary/aromatic N) is 2. The fourth-order valence-electron chi connectivity index (χ4n) is 1.87. The predicted octanol–water partition coefficient (Wildman–Crippen LogP) is 1.38. The minimum absolute atomic E-state index is 0.216. The number of aliphatic hydroxyl groups is 1. The van der Waals surface area contributed by atoms with E-state index in [4.69, 9.17) is 10.5 Å². The minimum Gasteiger partial charge on any atom is -0.462 e. The third-order valence-corrected chi connectivity index (χ3v) is 2.86. The Morgan fingerprint density at radius 2 is 2.25 bits per heavy atom. The monoisotopic (exact) mass is 275 g/mol. The van der Waals surface area contributed by atoms with E-state index in [0.29, 0.717) is 23.4 Å². The molecule has 1 aromatic heterocycles. The van der Waals surface area contributed by atoms with Gasteiger partial charge in [0.05, 0.1) is 24.9 Å². The number of para-hydroxylation sites is 1. The summed E-state index contributed by atoms with van der Waals surface area (Å²) in [5.74, 6) is -0.424. The molecule has 0 aliphatic heterocycles. The summed E-state index contributed by atoms with van der Waals surface area (Å²) in [7, 11) is 0. The Labute approximate surface area is 116 Å². The van der Waals surface area contributed by atoms with Crippen molar-refractivity contribution in [1.29, 1.82) is 0 Å². The van der Waals surface area contributed by atoms with E-state index in [1.54, 1.807) is 31.3 Å². The van der Waals surface area contributed by atoms with Gasteiger partial charge in [0.1, 0.15) is 6.10 Å². The van der Waals surface area contributed by atoms with Crippen molar-refractivity contribution >= 4 is 11.7 Å². The third kappa shape index (κ3) is 3.16. The second kappa shape index (κ2) is 6.21. The number of anilines is 1. The van der Waals surface area contributed by atoms with Crippen LogP contribution in [0, 0.1) is 0 Å². The molecule has 6 nitrogen and oxygen atoms in total. The molecule has 2 rings (SSSR count). The van der Waals surface area contributed by atoms with Gasteiger partial charge in [-0.1, -0.05) is 18.2 Å². The zero-order chi connectivity index (χ0) is 14.5. The number of ether oxygens (including phenoxy) is 1. The van der Waals surface area contributed by atoms with E-state index in [9.17, 15) is 9.90 Å². The molecule has 0 spiro atoms. The number of carbonyl (C=O) groups excluding carboxylic acids is 1. The number of nitrogen functional groups attached to an aromatic ring is 1. The van der Waals surface area contributed by atoms with Gasteiger partial charge >= 0.3 is 5.97 Å². The topological polar surface area (TPSA) is 90.4 Å². The van der Waals surface area contributed by atoms with Gasteiger partial charge in [0.2, 0.25) is 0 Å². The molecule has 6 heteroatoms. The van der Waals surface area contributed by atoms with Crippen molar-refractivity contribution in [3.63, 3.8) is 0 Å². The summed E-state index contributed by atoms with van der Waals surface area (Å²) in [5, 5.41) is 14.2. The lowest BCUT2D eigenvalue weighted by Crippen LogP contribution is -2.11. The number of benzene rings is 1. The van der Waals surface area contributed by atoms with Gasteiger partial charge in [0.25, 0.3) is 0 Å². The zero-order valence-corrected chi connectivity index (χ0v) is 11.2. The van der Waals surface area contributed by atoms with Gasteiger partial charge in [-0.15, -0.1) is 0 Å². The number of aliphatic hydroxyl groups excluding tert-OH is 1. The van der Waals surface area contributed by atoms with Gasteiger partial charge < -0.3 is 15.6 Å². The number of carbonyl (C=O) groups is 1. The molecule has 20 heavy (non-hydrogen) atoms. The van der Waals surface area contributed by atoms with Crippen LogP contribution in [-0.2, 0) is 11.3 Å². The maximum absolute atomic E-state index is 11.5. The Morgan fingerprint density at radius 1 is 1.50 bits per heavy atom. The van der Waals surface area contributed by atoms with Gasteiger partial charge in [-0.3, -0.25) is 4.68 Å². The molecule has 106 valence electrons. The predicted molar refractivity (Wildman–Crippen MR) is 74.0 cm³/mol. The summed E-state index contributed by atoms with van der Waals surface area (Å²) in [6.45, 7) is 2.27. The molecule has 0 fully saturated rings. The van der Waals surface area contributed by atoms with Crippen LogP contribution in [0.3, 0.4) is 0 Å². The number of nitrogens with two attached hydrogens (primary N) is 1. The summed E-state index contributed by atoms with van der Waals surface area (Å²) in [6.07, 6.45) is 2.17. The standard InChI is InChI=1S/C14H17N3O3/c1-2-20-14(19)10-7-16-17(8-10)9-13(18)11-5-3-4-6-12(11)15/h3-8,13,18H,2,9,15H2,1H3. The zero-order valence-electron chi connectivity index (χ0n) is 11.2. The summed E-state index contributed by atoms with van der Waals surface area (Å²) in [4.78, 5) is 11.5. The van der Waals surface area contributed by atoms with E-state index in [0.717, 1.165) is 0 Å². The largest absolute Gasteiger partial charge is 0.462 e. The van der Waals surface area contributed by atoms with E-state index in [1.165, 1.54) is 10.9 Å². The molecule has 0 amide bonds. The van der Waals surface area contributed by atoms with Crippen LogP contribution in [0.25, 0.3) is 0 Å². The molecule has 1 atom stereocenters. The van der Waals surface area contributed by atoms with Crippen molar-refractivity contribution in [3.8, 4) is 0 Å². The van der Waals surface area contributed by atoms with Crippen LogP contribution < -0.4 is 5.73 Å². The first kappa shape index (κ1) is 14.1. The highest BCUT2D eigenvalue weighted by molar-refractivity contribution is 5.88. The molecule has 0 saturated carbocycles. The molecule has 0 bridgehead atoms. The average molecular weight is 275 g/mol. The molecule has 1 aromatic carbocycles. The highest BCUT2D eigenvalue weighted by Gasteiger charge is 2.14. The van der Waals surface area contributed by atoms with E-state index in [-0.39, 0.29) is 6.54 Å². The Bertz CT molecular complexity index is 595. The molecule has 0 radical (unpaired) electrons. The quantitative estimate of drug-likeness (QED) is 0.635. The van der Waals surface area contributed by atoms with Crippen molar-refractivity contribution in [1.82, 2.24) is 9.78 Å². The molecule has 1 unspecified atom stereocenters. The van der Waals surface area contributed by atoms with Crippen LogP contribution >= 0.6 is 0 Å². The lowest BCUT2D eigenvalue weighted by atomic mass is 10.1. The third-order valence-electron chi connectivity index (χ3n) is 2.86. The van der Waals surface area contributed by atoms with E-state index in [2.05, 4.69) is 5.10 Å². The first-order valence-electron chi connectivity index (χ1n) is 6.34. The smallest absolute Gasteiger partial charge is 0.341 e. The Balaban J connectivity index is 2.07. The molecular weight excluding hydrogens is 258 g/mol. The van der Waals surface area contributed by atoms with Gasteiger partial charge in [0, 0.05) is 17.4 Å². The summed E-state index contributed by atoms with van der Waals surface area (Å²) < 4.78 is 6.36. The van der Waals surface area contributed by atoms with E-state index < -0.39 is 12.1 Å². The fourth-order valence-corrected chi connectivity index (χ4v) is 1.87. The van der Waals surface area contributed by atoms with Gasteiger partial charge in [0.15, 0.2) is 0 Å². The minimum atomic E-state index is -0.786. The van der Waals surface area contributed by atoms with Crippen LogP contribution in [0.15, 0.2) is 36.7 Å². The van der Waals surface area contributed by atoms with Crippen molar-refractivity contribution in [2.24, 2.45) is 0 Å². The summed E-state index contributed by atoms with van der Waals surface area (Å²) in [6, 6.07) is 7.10. The number of esters is 1. The fraction of sp³-hybridized carbons (Fsp3) is 0.286. The number of hydrogen-bond donors (Lipinski definition) is 2. The molecule has 0 saturated heterocycles.